The van der Waals surface area contributed by atoms with E-state index in [1.165, 1.54) is 0 Å². The number of nitrogens with two attached hydrogens (primary N) is 1. The first-order valence-corrected chi connectivity index (χ1v) is 4.15. The second-order valence-electron chi connectivity index (χ2n) is 2.88. The molecule has 13 heavy (non-hydrogen) atoms. The van der Waals surface area contributed by atoms with Crippen LogP contribution in [0.4, 0.5) is 5.82 Å². The molecule has 0 bridgehead atoms. The third kappa shape index (κ3) is 3.11. The molecule has 0 aliphatic carbocycles. The number of pyridine rings is 1. The van der Waals surface area contributed by atoms with Crippen LogP contribution in [0.1, 0.15) is 6.42 Å². The summed E-state index contributed by atoms with van der Waals surface area (Å²) < 4.78 is 0. The van der Waals surface area contributed by atoms with Crippen molar-refractivity contribution in [2.45, 2.75) is 6.42 Å². The number of nitrogens with zero attached hydrogens (tertiary/aromatic N) is 2. The van der Waals surface area contributed by atoms with Gasteiger partial charge in [0.1, 0.15) is 5.82 Å². The normalized spacial score (nSPS) is 9.62. The topological polar surface area (TPSA) is 66.0 Å². The quantitative estimate of drug-likeness (QED) is 0.530. The van der Waals surface area contributed by atoms with Crippen LogP contribution in [0.25, 0.3) is 0 Å². The van der Waals surface area contributed by atoms with Crippen LogP contribution in [0.3, 0.4) is 0 Å². The Morgan fingerprint density at radius 2 is 2.38 bits per heavy atom. The van der Waals surface area contributed by atoms with Gasteiger partial charge < -0.3 is 10.6 Å². The zero-order chi connectivity index (χ0) is 9.68. The van der Waals surface area contributed by atoms with Crippen molar-refractivity contribution >= 4 is 11.7 Å². The van der Waals surface area contributed by atoms with Crippen molar-refractivity contribution in [3.63, 3.8) is 0 Å². The molecule has 70 valence electrons. The van der Waals surface area contributed by atoms with Crippen LogP contribution in [0, 0.1) is 5.41 Å². The van der Waals surface area contributed by atoms with E-state index in [-0.39, 0.29) is 5.84 Å². The largest absolute Gasteiger partial charge is 0.388 e. The Labute approximate surface area is 77.9 Å². The molecule has 0 aliphatic heterocycles. The van der Waals surface area contributed by atoms with E-state index >= 15 is 0 Å². The lowest BCUT2D eigenvalue weighted by Gasteiger charge is -2.16. The number of amidine groups is 1. The zero-order valence-electron chi connectivity index (χ0n) is 7.70. The third-order valence-corrected chi connectivity index (χ3v) is 1.76. The second kappa shape index (κ2) is 4.45. The van der Waals surface area contributed by atoms with Gasteiger partial charge >= 0.3 is 0 Å². The first kappa shape index (κ1) is 9.51. The smallest absolute Gasteiger partial charge is 0.128 e. The molecule has 3 N–H and O–H groups in total. The summed E-state index contributed by atoms with van der Waals surface area (Å²) in [4.78, 5) is 6.14. The van der Waals surface area contributed by atoms with Crippen molar-refractivity contribution in [3.8, 4) is 0 Å². The highest BCUT2D eigenvalue weighted by molar-refractivity contribution is 5.77. The molecule has 1 heterocycles. The van der Waals surface area contributed by atoms with Crippen molar-refractivity contribution in [1.82, 2.24) is 4.98 Å². The van der Waals surface area contributed by atoms with Gasteiger partial charge in [0.15, 0.2) is 0 Å². The van der Waals surface area contributed by atoms with Gasteiger partial charge in [-0.05, 0) is 12.1 Å². The van der Waals surface area contributed by atoms with Crippen LogP contribution in [-0.4, -0.2) is 24.4 Å². The molecule has 0 radical (unpaired) electrons. The molecule has 1 rings (SSSR count). The first-order chi connectivity index (χ1) is 6.20. The van der Waals surface area contributed by atoms with Crippen molar-refractivity contribution in [1.29, 1.82) is 5.41 Å². The van der Waals surface area contributed by atoms with Gasteiger partial charge in [0.25, 0.3) is 0 Å². The molecule has 1 aromatic rings. The van der Waals surface area contributed by atoms with E-state index in [9.17, 15) is 0 Å². The minimum atomic E-state index is 0.211. The monoisotopic (exact) mass is 178 g/mol. The molecule has 4 nitrogen and oxygen atoms in total. The number of aromatic nitrogens is 1. The van der Waals surface area contributed by atoms with E-state index in [1.54, 1.807) is 6.20 Å². The fourth-order valence-corrected chi connectivity index (χ4v) is 0.982. The fourth-order valence-electron chi connectivity index (χ4n) is 0.982. The lowest BCUT2D eigenvalue weighted by Crippen LogP contribution is -2.24. The molecule has 0 atom stereocenters. The first-order valence-electron chi connectivity index (χ1n) is 4.15. The highest BCUT2D eigenvalue weighted by Gasteiger charge is 2.00. The third-order valence-electron chi connectivity index (χ3n) is 1.76. The predicted molar refractivity (Wildman–Crippen MR) is 54.0 cm³/mol. The molecule has 0 amide bonds. The van der Waals surface area contributed by atoms with Gasteiger partial charge in [0.2, 0.25) is 0 Å². The van der Waals surface area contributed by atoms with Crippen LogP contribution in [0.2, 0.25) is 0 Å². The van der Waals surface area contributed by atoms with Crippen molar-refractivity contribution < 1.29 is 0 Å². The highest BCUT2D eigenvalue weighted by atomic mass is 15.2. The molecular weight excluding hydrogens is 164 g/mol. The summed E-state index contributed by atoms with van der Waals surface area (Å²) >= 11 is 0. The Bertz CT molecular complexity index is 270. The Morgan fingerprint density at radius 1 is 1.62 bits per heavy atom. The molecule has 1 aromatic heterocycles. The summed E-state index contributed by atoms with van der Waals surface area (Å²) in [5, 5.41) is 7.08. The van der Waals surface area contributed by atoms with Crippen molar-refractivity contribution in [3.05, 3.63) is 24.4 Å². The minimum absolute atomic E-state index is 0.211. The number of nitrogens with one attached hydrogen (secondary N) is 1. The van der Waals surface area contributed by atoms with Gasteiger partial charge in [-0.2, -0.15) is 0 Å². The summed E-state index contributed by atoms with van der Waals surface area (Å²) in [6.45, 7) is 0.729. The van der Waals surface area contributed by atoms with Crippen molar-refractivity contribution in [2.24, 2.45) is 5.73 Å². The maximum Gasteiger partial charge on any atom is 0.128 e. The lowest BCUT2D eigenvalue weighted by atomic mass is 10.3. The average Bonchev–Trinajstić information content (AvgIpc) is 2.15. The second-order valence-corrected chi connectivity index (χ2v) is 2.88. The highest BCUT2D eigenvalue weighted by Crippen LogP contribution is 2.06. The minimum Gasteiger partial charge on any atom is -0.388 e. The SMILES string of the molecule is CN(CCC(=N)N)c1ccccn1. The van der Waals surface area contributed by atoms with E-state index in [0.717, 1.165) is 12.4 Å². The van der Waals surface area contributed by atoms with Crippen LogP contribution in [0.5, 0.6) is 0 Å². The van der Waals surface area contributed by atoms with E-state index < -0.39 is 0 Å². The average molecular weight is 178 g/mol. The number of anilines is 1. The molecule has 0 aromatic carbocycles. The van der Waals surface area contributed by atoms with Crippen LogP contribution < -0.4 is 10.6 Å². The summed E-state index contributed by atoms with van der Waals surface area (Å²) in [5.74, 6) is 1.12. The summed E-state index contributed by atoms with van der Waals surface area (Å²) in [5.41, 5.74) is 5.26. The number of rotatable bonds is 4. The molecule has 0 saturated heterocycles. The maximum absolute atomic E-state index is 7.08. The van der Waals surface area contributed by atoms with E-state index in [4.69, 9.17) is 11.1 Å². The number of hydrogen-bond acceptors (Lipinski definition) is 3. The predicted octanol–water partition coefficient (Wildman–Crippen LogP) is 0.844. The van der Waals surface area contributed by atoms with Gasteiger partial charge in [-0.1, -0.05) is 6.07 Å². The standard InChI is InChI=1S/C9H14N4/c1-13(7-5-8(10)11)9-4-2-3-6-12-9/h2-4,6H,5,7H2,1H3,(H3,10,11). The van der Waals surface area contributed by atoms with E-state index in [1.807, 2.05) is 30.1 Å². The van der Waals surface area contributed by atoms with Gasteiger partial charge in [-0.25, -0.2) is 4.98 Å². The summed E-state index contributed by atoms with van der Waals surface area (Å²) in [6.07, 6.45) is 2.33. The molecule has 0 spiro atoms. The summed E-state index contributed by atoms with van der Waals surface area (Å²) in [7, 11) is 1.94. The molecule has 0 saturated carbocycles. The lowest BCUT2D eigenvalue weighted by molar-refractivity contribution is 0.890. The Hall–Kier alpha value is -1.58. The Kier molecular flexibility index (Phi) is 3.25. The van der Waals surface area contributed by atoms with Crippen LogP contribution >= 0.6 is 0 Å². The molecular formula is C9H14N4. The van der Waals surface area contributed by atoms with E-state index in [2.05, 4.69) is 4.98 Å². The maximum atomic E-state index is 7.08. The van der Waals surface area contributed by atoms with Crippen LogP contribution in [0.15, 0.2) is 24.4 Å². The van der Waals surface area contributed by atoms with E-state index in [0.29, 0.717) is 6.42 Å². The Balaban J connectivity index is 2.49. The van der Waals surface area contributed by atoms with Gasteiger partial charge in [-0.15, -0.1) is 0 Å². The van der Waals surface area contributed by atoms with Crippen LogP contribution in [-0.2, 0) is 0 Å². The molecule has 0 unspecified atom stereocenters. The van der Waals surface area contributed by atoms with Crippen molar-refractivity contribution in [2.75, 3.05) is 18.5 Å². The molecule has 4 heteroatoms. The molecule has 0 aliphatic rings. The summed E-state index contributed by atoms with van der Waals surface area (Å²) in [6, 6.07) is 5.75. The fraction of sp³-hybridized carbons (Fsp3) is 0.333. The van der Waals surface area contributed by atoms with Gasteiger partial charge in [0.05, 0.1) is 5.84 Å². The zero-order valence-corrected chi connectivity index (χ0v) is 7.70. The Morgan fingerprint density at radius 3 is 2.92 bits per heavy atom. The van der Waals surface area contributed by atoms with Gasteiger partial charge in [-0.3, -0.25) is 5.41 Å². The number of hydrogen-bond donors (Lipinski definition) is 2. The molecule has 0 fully saturated rings. The van der Waals surface area contributed by atoms with Gasteiger partial charge in [0, 0.05) is 26.2 Å².